The second-order valence-electron chi connectivity index (χ2n) is 16.3. The largest absolute Gasteiger partial charge is 0.446 e. The Bertz CT molecular complexity index is 1220. The zero-order chi connectivity index (χ0) is 30.5. The average Bonchev–Trinajstić information content (AvgIpc) is 3.30. The number of amides is 1. The molecule has 0 radical (unpaired) electrons. The van der Waals surface area contributed by atoms with Gasteiger partial charge in [-0.1, -0.05) is 33.1 Å². The summed E-state index contributed by atoms with van der Waals surface area (Å²) in [5, 5.41) is 19.6. The fraction of sp³-hybridized carbons (Fsp3) is 0.838. The zero-order valence-electron chi connectivity index (χ0n) is 27.2. The van der Waals surface area contributed by atoms with Crippen LogP contribution in [0, 0.1) is 28.6 Å². The maximum Gasteiger partial charge on any atom is 0.407 e. The van der Waals surface area contributed by atoms with Crippen molar-refractivity contribution in [3.05, 3.63) is 34.4 Å². The second kappa shape index (κ2) is 12.1. The van der Waals surface area contributed by atoms with Gasteiger partial charge in [-0.05, 0) is 137 Å². The molecule has 2 unspecified atom stereocenters. The SMILES string of the molecule is CC12CC[C@H](OC(=O)NC3CCC(NC4CCCCC4)CC3)CC1CC[C@@H]1[C@@H]2CC[C@]2(C)[C@@H](c3ccc(=O)oc3)CC[C@]12O. The number of carbonyl (C=O) groups is 1. The Morgan fingerprint density at radius 3 is 2.34 bits per heavy atom. The van der Waals surface area contributed by atoms with Crippen LogP contribution in [0.15, 0.2) is 27.6 Å². The van der Waals surface area contributed by atoms with E-state index in [9.17, 15) is 14.7 Å². The number of aliphatic hydroxyl groups is 1. The molecule has 1 aromatic heterocycles. The molecule has 6 fully saturated rings. The van der Waals surface area contributed by atoms with Crippen molar-refractivity contribution in [2.24, 2.45) is 28.6 Å². The van der Waals surface area contributed by atoms with Crippen LogP contribution in [-0.2, 0) is 4.74 Å². The van der Waals surface area contributed by atoms with E-state index < -0.39 is 5.60 Å². The van der Waals surface area contributed by atoms with Gasteiger partial charge in [0.05, 0.1) is 11.9 Å². The monoisotopic (exact) mass is 608 g/mol. The Morgan fingerprint density at radius 1 is 0.841 bits per heavy atom. The predicted octanol–water partition coefficient (Wildman–Crippen LogP) is 7.21. The van der Waals surface area contributed by atoms with E-state index in [-0.39, 0.29) is 40.6 Å². The molecule has 0 saturated heterocycles. The van der Waals surface area contributed by atoms with Crippen molar-refractivity contribution in [3.63, 3.8) is 0 Å². The first-order valence-corrected chi connectivity index (χ1v) is 18.2. The van der Waals surface area contributed by atoms with Crippen LogP contribution in [0.25, 0.3) is 0 Å². The first kappa shape index (κ1) is 30.8. The van der Waals surface area contributed by atoms with Gasteiger partial charge in [-0.15, -0.1) is 0 Å². The second-order valence-corrected chi connectivity index (χ2v) is 16.3. The van der Waals surface area contributed by atoms with Gasteiger partial charge in [-0.2, -0.15) is 0 Å². The topological polar surface area (TPSA) is 101 Å². The van der Waals surface area contributed by atoms with Crippen LogP contribution in [0.3, 0.4) is 0 Å². The Labute approximate surface area is 263 Å². The quantitative estimate of drug-likeness (QED) is 0.327. The summed E-state index contributed by atoms with van der Waals surface area (Å²) in [6.45, 7) is 4.78. The molecule has 7 rings (SSSR count). The van der Waals surface area contributed by atoms with E-state index in [0.29, 0.717) is 29.8 Å². The lowest BCUT2D eigenvalue weighted by molar-refractivity contribution is -0.205. The van der Waals surface area contributed by atoms with E-state index in [4.69, 9.17) is 9.15 Å². The summed E-state index contributed by atoms with van der Waals surface area (Å²) < 4.78 is 11.4. The van der Waals surface area contributed by atoms with Crippen LogP contribution in [0.4, 0.5) is 4.79 Å². The minimum Gasteiger partial charge on any atom is -0.446 e. The van der Waals surface area contributed by atoms with E-state index in [1.54, 1.807) is 6.26 Å². The average molecular weight is 609 g/mol. The molecule has 7 nitrogen and oxygen atoms in total. The minimum absolute atomic E-state index is 0.00512. The number of ether oxygens (including phenoxy) is 1. The van der Waals surface area contributed by atoms with Gasteiger partial charge in [-0.25, -0.2) is 9.59 Å². The van der Waals surface area contributed by atoms with E-state index in [0.717, 1.165) is 89.0 Å². The van der Waals surface area contributed by atoms with Gasteiger partial charge >= 0.3 is 11.7 Å². The maximum absolute atomic E-state index is 13.0. The van der Waals surface area contributed by atoms with Crippen molar-refractivity contribution in [2.45, 2.75) is 165 Å². The van der Waals surface area contributed by atoms with Crippen LogP contribution < -0.4 is 16.3 Å². The fourth-order valence-electron chi connectivity index (χ4n) is 11.8. The molecular weight excluding hydrogens is 552 g/mol. The molecule has 8 atom stereocenters. The summed E-state index contributed by atoms with van der Waals surface area (Å²) in [6.07, 6.45) is 21.5. The molecule has 244 valence electrons. The number of hydrogen-bond acceptors (Lipinski definition) is 6. The summed E-state index contributed by atoms with van der Waals surface area (Å²) in [7, 11) is 0. The Kier molecular flexibility index (Phi) is 8.43. The molecule has 44 heavy (non-hydrogen) atoms. The van der Waals surface area contributed by atoms with Gasteiger partial charge in [0.25, 0.3) is 0 Å². The fourth-order valence-corrected chi connectivity index (χ4v) is 11.8. The molecular formula is C37H56N2O5. The van der Waals surface area contributed by atoms with Crippen LogP contribution in [0.1, 0.15) is 141 Å². The van der Waals surface area contributed by atoms with Gasteiger partial charge in [0.15, 0.2) is 0 Å². The number of hydrogen-bond donors (Lipinski definition) is 3. The van der Waals surface area contributed by atoms with Gasteiger partial charge in [0.1, 0.15) is 6.10 Å². The van der Waals surface area contributed by atoms with Crippen molar-refractivity contribution >= 4 is 6.09 Å². The predicted molar refractivity (Wildman–Crippen MR) is 170 cm³/mol. The number of alkyl carbamates (subject to hydrolysis) is 1. The maximum atomic E-state index is 13.0. The molecule has 0 aliphatic heterocycles. The number of carbonyl (C=O) groups excluding carboxylic acids is 1. The van der Waals surface area contributed by atoms with Gasteiger partial charge < -0.3 is 24.9 Å². The third kappa shape index (κ3) is 5.46. The minimum atomic E-state index is -0.692. The van der Waals surface area contributed by atoms with Crippen LogP contribution in [0.5, 0.6) is 0 Å². The van der Waals surface area contributed by atoms with Gasteiger partial charge in [0.2, 0.25) is 0 Å². The van der Waals surface area contributed by atoms with Crippen LogP contribution in [-0.4, -0.2) is 41.0 Å². The molecule has 1 aromatic rings. The van der Waals surface area contributed by atoms with E-state index >= 15 is 0 Å². The van der Waals surface area contributed by atoms with Crippen LogP contribution >= 0.6 is 0 Å². The highest BCUT2D eigenvalue weighted by Gasteiger charge is 2.67. The Morgan fingerprint density at radius 2 is 1.59 bits per heavy atom. The first-order chi connectivity index (χ1) is 21.2. The van der Waals surface area contributed by atoms with Gasteiger partial charge in [-0.3, -0.25) is 0 Å². The summed E-state index contributed by atoms with van der Waals surface area (Å²) >= 11 is 0. The van der Waals surface area contributed by atoms with E-state index in [2.05, 4.69) is 24.5 Å². The molecule has 6 aliphatic carbocycles. The number of rotatable bonds is 5. The van der Waals surface area contributed by atoms with E-state index in [1.807, 2.05) is 6.07 Å². The number of nitrogens with one attached hydrogen (secondary N) is 2. The number of fused-ring (bicyclic) bond motifs is 5. The first-order valence-electron chi connectivity index (χ1n) is 18.2. The van der Waals surface area contributed by atoms with Crippen molar-refractivity contribution in [1.82, 2.24) is 10.6 Å². The van der Waals surface area contributed by atoms with Crippen molar-refractivity contribution in [2.75, 3.05) is 0 Å². The molecule has 0 aromatic carbocycles. The third-order valence-electron chi connectivity index (χ3n) is 14.3. The molecule has 1 amide bonds. The summed E-state index contributed by atoms with van der Waals surface area (Å²) in [5.74, 6) is 1.55. The highest BCUT2D eigenvalue weighted by Crippen LogP contribution is 2.70. The normalized spacial score (nSPS) is 44.2. The highest BCUT2D eigenvalue weighted by molar-refractivity contribution is 5.67. The highest BCUT2D eigenvalue weighted by atomic mass is 16.6. The van der Waals surface area contributed by atoms with Gasteiger partial charge in [0, 0.05) is 29.6 Å². The lowest BCUT2D eigenvalue weighted by Gasteiger charge is -2.63. The van der Waals surface area contributed by atoms with Crippen molar-refractivity contribution in [1.29, 1.82) is 0 Å². The smallest absolute Gasteiger partial charge is 0.407 e. The lowest BCUT2D eigenvalue weighted by atomic mass is 9.43. The summed E-state index contributed by atoms with van der Waals surface area (Å²) in [4.78, 5) is 24.6. The molecule has 6 saturated carbocycles. The Hall–Kier alpha value is -1.86. The van der Waals surface area contributed by atoms with Crippen molar-refractivity contribution in [3.8, 4) is 0 Å². The molecule has 7 heteroatoms. The standard InChI is InChI=1S/C37H56N2O5/c1-35-19-16-29(44-34(41)39-28-12-10-27(11-13-28)38-26-6-4-3-5-7-26)22-25(35)9-14-32-31(35)17-20-36(2)30(18-21-37(32,36)42)24-8-15-33(40)43-23-24/h8,15,23,25-32,38,42H,3-7,9-14,16-22H2,1-2H3,(H,39,41)/t25?,27?,28?,29-,30+,31-,32+,35?,36+,37-/m0/s1. The third-order valence-corrected chi connectivity index (χ3v) is 14.3. The molecule has 0 spiro atoms. The molecule has 3 N–H and O–H groups in total. The molecule has 0 bridgehead atoms. The van der Waals surface area contributed by atoms with Crippen LogP contribution in [0.2, 0.25) is 0 Å². The molecule has 1 heterocycles. The zero-order valence-corrected chi connectivity index (χ0v) is 27.2. The van der Waals surface area contributed by atoms with E-state index in [1.165, 1.54) is 38.2 Å². The summed E-state index contributed by atoms with van der Waals surface area (Å²) in [5.41, 5.74) is 0.0201. The lowest BCUT2D eigenvalue weighted by Crippen LogP contribution is -2.62. The molecule has 6 aliphatic rings. The van der Waals surface area contributed by atoms with Crippen molar-refractivity contribution < 1.29 is 19.1 Å². The Balaban J connectivity index is 0.923. The summed E-state index contributed by atoms with van der Waals surface area (Å²) in [6, 6.07) is 4.97.